The number of hydrogen-bond donors (Lipinski definition) is 2. The zero-order chi connectivity index (χ0) is 18.4. The van der Waals surface area contributed by atoms with E-state index in [4.69, 9.17) is 9.47 Å². The summed E-state index contributed by atoms with van der Waals surface area (Å²) in [4.78, 5) is 21.2. The van der Waals surface area contributed by atoms with Crippen molar-refractivity contribution in [3.05, 3.63) is 35.7 Å². The summed E-state index contributed by atoms with van der Waals surface area (Å²) in [5, 5.41) is 6.00. The van der Waals surface area contributed by atoms with E-state index < -0.39 is 0 Å². The van der Waals surface area contributed by atoms with Gasteiger partial charge in [-0.1, -0.05) is 6.92 Å². The average molecular weight is 344 g/mol. The number of methoxy groups -OCH3 is 2. The van der Waals surface area contributed by atoms with Gasteiger partial charge >= 0.3 is 0 Å². The van der Waals surface area contributed by atoms with Crippen LogP contribution in [0.15, 0.2) is 24.3 Å². The lowest BCUT2D eigenvalue weighted by Crippen LogP contribution is -2.19. The van der Waals surface area contributed by atoms with Gasteiger partial charge in [0.05, 0.1) is 14.2 Å². The molecule has 2 rings (SSSR count). The van der Waals surface area contributed by atoms with Gasteiger partial charge in [0, 0.05) is 23.5 Å². The Morgan fingerprint density at radius 1 is 1.16 bits per heavy atom. The van der Waals surface area contributed by atoms with Crippen LogP contribution in [0.1, 0.15) is 36.5 Å². The third kappa shape index (κ3) is 4.82. The number of nitrogens with one attached hydrogen (secondary N) is 2. The molecule has 1 unspecified atom stereocenters. The Morgan fingerprint density at radius 3 is 2.52 bits per heavy atom. The van der Waals surface area contributed by atoms with Crippen LogP contribution in [0.25, 0.3) is 0 Å². The van der Waals surface area contributed by atoms with Crippen LogP contribution in [-0.2, 0) is 0 Å². The van der Waals surface area contributed by atoms with E-state index in [-0.39, 0.29) is 11.9 Å². The van der Waals surface area contributed by atoms with Gasteiger partial charge in [0.2, 0.25) is 5.95 Å². The predicted octanol–water partition coefficient (Wildman–Crippen LogP) is 3.26. The Bertz CT molecular complexity index is 749. The molecular weight excluding hydrogens is 320 g/mol. The first-order valence-corrected chi connectivity index (χ1v) is 8.12. The van der Waals surface area contributed by atoms with Crippen molar-refractivity contribution in [3.63, 3.8) is 0 Å². The van der Waals surface area contributed by atoms with Crippen molar-refractivity contribution in [1.29, 1.82) is 0 Å². The maximum Gasteiger partial charge on any atom is 0.274 e. The lowest BCUT2D eigenvalue weighted by atomic mass is 10.2. The Labute approximate surface area is 147 Å². The zero-order valence-corrected chi connectivity index (χ0v) is 15.2. The Balaban J connectivity index is 2.20. The molecule has 0 radical (unpaired) electrons. The summed E-state index contributed by atoms with van der Waals surface area (Å²) in [5.74, 6) is 1.27. The molecule has 0 spiro atoms. The highest BCUT2D eigenvalue weighted by Crippen LogP contribution is 2.29. The fourth-order valence-electron chi connectivity index (χ4n) is 2.18. The molecule has 1 amide bonds. The second kappa shape index (κ2) is 8.32. The minimum absolute atomic E-state index is 0.226. The van der Waals surface area contributed by atoms with Gasteiger partial charge < -0.3 is 20.1 Å². The predicted molar refractivity (Wildman–Crippen MR) is 97.6 cm³/mol. The van der Waals surface area contributed by atoms with Crippen LogP contribution in [0, 0.1) is 6.92 Å². The topological polar surface area (TPSA) is 85.4 Å². The Hall–Kier alpha value is -2.83. The summed E-state index contributed by atoms with van der Waals surface area (Å²) < 4.78 is 10.4. The molecule has 0 aliphatic carbocycles. The highest BCUT2D eigenvalue weighted by atomic mass is 16.5. The summed E-state index contributed by atoms with van der Waals surface area (Å²) in [6.45, 7) is 5.93. The number of benzene rings is 1. The van der Waals surface area contributed by atoms with E-state index in [9.17, 15) is 4.79 Å². The van der Waals surface area contributed by atoms with Crippen LogP contribution < -0.4 is 20.1 Å². The SMILES string of the molecule is CCC(C)Nc1nc(C)cc(C(=O)Nc2ccc(OC)c(OC)c2)n1. The van der Waals surface area contributed by atoms with E-state index >= 15 is 0 Å². The molecule has 1 atom stereocenters. The molecule has 1 aromatic carbocycles. The standard InChI is InChI=1S/C18H24N4O3/c1-6-11(2)19-18-20-12(3)9-14(22-18)17(23)21-13-7-8-15(24-4)16(10-13)25-5/h7-11H,6H2,1-5H3,(H,21,23)(H,19,20,22). The summed E-state index contributed by atoms with van der Waals surface area (Å²) in [5.41, 5.74) is 1.61. The maximum absolute atomic E-state index is 12.5. The van der Waals surface area contributed by atoms with Crippen LogP contribution in [0.2, 0.25) is 0 Å². The maximum atomic E-state index is 12.5. The average Bonchev–Trinajstić information content (AvgIpc) is 2.60. The number of aryl methyl sites for hydroxylation is 1. The Kier molecular flexibility index (Phi) is 6.16. The van der Waals surface area contributed by atoms with Crippen molar-refractivity contribution in [2.24, 2.45) is 0 Å². The molecule has 7 heteroatoms. The molecular formula is C18H24N4O3. The van der Waals surface area contributed by atoms with Crippen molar-refractivity contribution >= 4 is 17.5 Å². The van der Waals surface area contributed by atoms with Crippen LogP contribution >= 0.6 is 0 Å². The van der Waals surface area contributed by atoms with Gasteiger partial charge in [-0.25, -0.2) is 9.97 Å². The number of nitrogens with zero attached hydrogens (tertiary/aromatic N) is 2. The van der Waals surface area contributed by atoms with E-state index in [0.29, 0.717) is 28.8 Å². The molecule has 0 aliphatic heterocycles. The Morgan fingerprint density at radius 2 is 1.88 bits per heavy atom. The van der Waals surface area contributed by atoms with E-state index in [1.165, 1.54) is 0 Å². The largest absolute Gasteiger partial charge is 0.493 e. The third-order valence-corrected chi connectivity index (χ3v) is 3.72. The monoisotopic (exact) mass is 344 g/mol. The number of rotatable bonds is 7. The number of anilines is 2. The molecule has 0 aliphatic rings. The lowest BCUT2D eigenvalue weighted by Gasteiger charge is -2.13. The first-order chi connectivity index (χ1) is 12.0. The van der Waals surface area contributed by atoms with Gasteiger partial charge in [0.25, 0.3) is 5.91 Å². The third-order valence-electron chi connectivity index (χ3n) is 3.72. The summed E-state index contributed by atoms with van der Waals surface area (Å²) in [7, 11) is 3.11. The molecule has 2 N–H and O–H groups in total. The molecule has 0 saturated carbocycles. The molecule has 1 aromatic heterocycles. The number of carbonyl (C=O) groups is 1. The van der Waals surface area contributed by atoms with Crippen molar-refractivity contribution < 1.29 is 14.3 Å². The molecule has 0 bridgehead atoms. The minimum Gasteiger partial charge on any atom is -0.493 e. The van der Waals surface area contributed by atoms with Crippen LogP contribution in [0.3, 0.4) is 0 Å². The normalized spacial score (nSPS) is 11.6. The van der Waals surface area contributed by atoms with Crippen molar-refractivity contribution in [3.8, 4) is 11.5 Å². The smallest absolute Gasteiger partial charge is 0.274 e. The first-order valence-electron chi connectivity index (χ1n) is 8.12. The number of hydrogen-bond acceptors (Lipinski definition) is 6. The summed E-state index contributed by atoms with van der Waals surface area (Å²) >= 11 is 0. The van der Waals surface area contributed by atoms with E-state index in [1.54, 1.807) is 38.5 Å². The molecule has 134 valence electrons. The van der Waals surface area contributed by atoms with Gasteiger partial charge in [-0.15, -0.1) is 0 Å². The van der Waals surface area contributed by atoms with Gasteiger partial charge in [-0.2, -0.15) is 0 Å². The van der Waals surface area contributed by atoms with Crippen LogP contribution in [0.5, 0.6) is 11.5 Å². The molecule has 0 saturated heterocycles. The van der Waals surface area contributed by atoms with Crippen molar-refractivity contribution in [1.82, 2.24) is 9.97 Å². The molecule has 25 heavy (non-hydrogen) atoms. The van der Waals surface area contributed by atoms with Crippen molar-refractivity contribution in [2.75, 3.05) is 24.9 Å². The van der Waals surface area contributed by atoms with Crippen LogP contribution in [0.4, 0.5) is 11.6 Å². The second-order valence-corrected chi connectivity index (χ2v) is 5.70. The summed E-state index contributed by atoms with van der Waals surface area (Å²) in [6.07, 6.45) is 0.935. The van der Waals surface area contributed by atoms with Gasteiger partial charge in [0.15, 0.2) is 11.5 Å². The molecule has 0 fully saturated rings. The number of aromatic nitrogens is 2. The minimum atomic E-state index is -0.315. The number of ether oxygens (including phenoxy) is 2. The van der Waals surface area contributed by atoms with Crippen LogP contribution in [-0.4, -0.2) is 36.1 Å². The van der Waals surface area contributed by atoms with Gasteiger partial charge in [-0.3, -0.25) is 4.79 Å². The highest BCUT2D eigenvalue weighted by molar-refractivity contribution is 6.03. The molecule has 7 nitrogen and oxygen atoms in total. The summed E-state index contributed by atoms with van der Waals surface area (Å²) in [6, 6.07) is 7.05. The fourth-order valence-corrected chi connectivity index (χ4v) is 2.18. The lowest BCUT2D eigenvalue weighted by molar-refractivity contribution is 0.102. The van der Waals surface area contributed by atoms with Gasteiger partial charge in [-0.05, 0) is 38.5 Å². The fraction of sp³-hybridized carbons (Fsp3) is 0.389. The van der Waals surface area contributed by atoms with E-state index in [0.717, 1.165) is 12.1 Å². The first kappa shape index (κ1) is 18.5. The zero-order valence-electron chi connectivity index (χ0n) is 15.2. The van der Waals surface area contributed by atoms with Gasteiger partial charge in [0.1, 0.15) is 5.69 Å². The second-order valence-electron chi connectivity index (χ2n) is 5.70. The van der Waals surface area contributed by atoms with Crippen molar-refractivity contribution in [2.45, 2.75) is 33.2 Å². The molecule has 2 aromatic rings. The molecule has 1 heterocycles. The highest BCUT2D eigenvalue weighted by Gasteiger charge is 2.13. The quantitative estimate of drug-likeness (QED) is 0.802. The number of carbonyl (C=O) groups excluding carboxylic acids is 1. The van der Waals surface area contributed by atoms with E-state index in [1.807, 2.05) is 13.8 Å². The number of amides is 1. The van der Waals surface area contributed by atoms with E-state index in [2.05, 4.69) is 27.5 Å².